The second-order valence-corrected chi connectivity index (χ2v) is 6.24. The van der Waals surface area contributed by atoms with Gasteiger partial charge in [-0.1, -0.05) is 84.4 Å². The van der Waals surface area contributed by atoms with Crippen molar-refractivity contribution in [1.29, 1.82) is 0 Å². The molecule has 0 unspecified atom stereocenters. The highest BCUT2D eigenvalue weighted by atomic mass is 16.5. The molecule has 1 N–H and O–H groups in total. The Morgan fingerprint density at radius 2 is 1.57 bits per heavy atom. The fraction of sp³-hybridized carbons (Fsp3) is 0.0833. The summed E-state index contributed by atoms with van der Waals surface area (Å²) in [5.41, 5.74) is 6.34. The summed E-state index contributed by atoms with van der Waals surface area (Å²) < 4.78 is 5.49. The maximum absolute atomic E-state index is 12.1. The Hall–Kier alpha value is -3.66. The van der Waals surface area contributed by atoms with Gasteiger partial charge in [-0.3, -0.25) is 4.79 Å². The maximum atomic E-state index is 12.1. The Morgan fingerprint density at radius 1 is 0.929 bits per heavy atom. The largest absolute Gasteiger partial charge is 0.484 e. The van der Waals surface area contributed by atoms with Crippen LogP contribution in [0.25, 0.3) is 6.08 Å². The Balaban J connectivity index is 1.67. The molecule has 0 aliphatic heterocycles. The minimum atomic E-state index is -0.317. The molecule has 0 saturated carbocycles. The van der Waals surface area contributed by atoms with Crippen LogP contribution in [0.2, 0.25) is 0 Å². The molecule has 0 fully saturated rings. The summed E-state index contributed by atoms with van der Waals surface area (Å²) in [4.78, 5) is 12.1. The van der Waals surface area contributed by atoms with E-state index in [9.17, 15) is 4.79 Å². The fourth-order valence-electron chi connectivity index (χ4n) is 2.48. The Bertz CT molecular complexity index is 947. The molecule has 140 valence electrons. The predicted molar refractivity (Wildman–Crippen MR) is 113 cm³/mol. The zero-order valence-electron chi connectivity index (χ0n) is 15.7. The lowest BCUT2D eigenvalue weighted by molar-refractivity contribution is -0.123. The van der Waals surface area contributed by atoms with Crippen LogP contribution in [-0.4, -0.2) is 18.2 Å². The minimum absolute atomic E-state index is 0.100. The van der Waals surface area contributed by atoms with Gasteiger partial charge in [-0.15, -0.1) is 0 Å². The van der Waals surface area contributed by atoms with Gasteiger partial charge in [0, 0.05) is 5.56 Å². The van der Waals surface area contributed by atoms with Gasteiger partial charge in [-0.05, 0) is 30.7 Å². The van der Waals surface area contributed by atoms with Crippen LogP contribution in [0.5, 0.6) is 5.75 Å². The van der Waals surface area contributed by atoms with E-state index in [0.29, 0.717) is 11.5 Å². The summed E-state index contributed by atoms with van der Waals surface area (Å²) in [6.45, 7) is 1.90. The highest BCUT2D eigenvalue weighted by molar-refractivity contribution is 6.11. The number of allylic oxidation sites excluding steroid dienone is 1. The Kier molecular flexibility index (Phi) is 6.74. The van der Waals surface area contributed by atoms with E-state index >= 15 is 0 Å². The Morgan fingerprint density at radius 3 is 2.25 bits per heavy atom. The quantitative estimate of drug-likeness (QED) is 0.488. The number of nitrogens with one attached hydrogen (secondary N) is 1. The standard InChI is InChI=1S/C24H22N2O2/c1-19-12-15-22(16-13-19)28-18-24(27)26-25-23(21-10-6-3-7-11-21)17-14-20-8-4-2-5-9-20/h2-17H,18H2,1H3,(H,26,27). The van der Waals surface area contributed by atoms with Crippen LogP contribution in [0, 0.1) is 6.92 Å². The van der Waals surface area contributed by atoms with E-state index in [1.807, 2.05) is 104 Å². The van der Waals surface area contributed by atoms with Crippen molar-refractivity contribution in [2.45, 2.75) is 6.92 Å². The van der Waals surface area contributed by atoms with Crippen molar-refractivity contribution in [2.75, 3.05) is 6.61 Å². The molecule has 0 heterocycles. The third-order valence-electron chi connectivity index (χ3n) is 3.99. The normalized spacial score (nSPS) is 11.4. The lowest BCUT2D eigenvalue weighted by atomic mass is 10.1. The van der Waals surface area contributed by atoms with Crippen molar-refractivity contribution in [3.8, 4) is 5.75 Å². The van der Waals surface area contributed by atoms with Gasteiger partial charge in [0.25, 0.3) is 5.91 Å². The molecule has 3 aromatic rings. The van der Waals surface area contributed by atoms with E-state index in [1.165, 1.54) is 0 Å². The first-order chi connectivity index (χ1) is 13.7. The number of carbonyl (C=O) groups is 1. The number of hydrogen-bond acceptors (Lipinski definition) is 3. The van der Waals surface area contributed by atoms with Crippen molar-refractivity contribution in [3.63, 3.8) is 0 Å². The third-order valence-corrected chi connectivity index (χ3v) is 3.99. The molecule has 0 bridgehead atoms. The summed E-state index contributed by atoms with van der Waals surface area (Å²) in [7, 11) is 0. The van der Waals surface area contributed by atoms with Crippen LogP contribution in [0.3, 0.4) is 0 Å². The molecule has 0 aromatic heterocycles. The van der Waals surface area contributed by atoms with E-state index in [1.54, 1.807) is 0 Å². The average molecular weight is 370 g/mol. The van der Waals surface area contributed by atoms with E-state index in [4.69, 9.17) is 4.74 Å². The van der Waals surface area contributed by atoms with E-state index in [2.05, 4.69) is 10.5 Å². The predicted octanol–water partition coefficient (Wildman–Crippen LogP) is 4.61. The van der Waals surface area contributed by atoms with Crippen LogP contribution < -0.4 is 10.2 Å². The molecule has 0 spiro atoms. The van der Waals surface area contributed by atoms with Crippen molar-refractivity contribution in [1.82, 2.24) is 5.43 Å². The highest BCUT2D eigenvalue weighted by Crippen LogP contribution is 2.11. The van der Waals surface area contributed by atoms with Gasteiger partial charge in [0.1, 0.15) is 5.75 Å². The number of hydrazone groups is 1. The van der Waals surface area contributed by atoms with E-state index in [0.717, 1.165) is 16.7 Å². The van der Waals surface area contributed by atoms with E-state index in [-0.39, 0.29) is 12.5 Å². The van der Waals surface area contributed by atoms with E-state index < -0.39 is 0 Å². The molecule has 0 aliphatic rings. The molecule has 1 amide bonds. The van der Waals surface area contributed by atoms with Crippen molar-refractivity contribution >= 4 is 17.7 Å². The minimum Gasteiger partial charge on any atom is -0.484 e. The van der Waals surface area contributed by atoms with Crippen molar-refractivity contribution in [2.24, 2.45) is 5.10 Å². The molecule has 4 heteroatoms. The van der Waals surface area contributed by atoms with Crippen LogP contribution >= 0.6 is 0 Å². The second-order valence-electron chi connectivity index (χ2n) is 6.24. The van der Waals surface area contributed by atoms with Gasteiger partial charge in [0.2, 0.25) is 0 Å². The number of nitrogens with zero attached hydrogens (tertiary/aromatic N) is 1. The first-order valence-corrected chi connectivity index (χ1v) is 9.05. The number of amides is 1. The average Bonchev–Trinajstić information content (AvgIpc) is 2.75. The van der Waals surface area contributed by atoms with Crippen LogP contribution in [0.1, 0.15) is 16.7 Å². The molecular weight excluding hydrogens is 348 g/mol. The highest BCUT2D eigenvalue weighted by Gasteiger charge is 2.04. The molecule has 0 radical (unpaired) electrons. The molecular formula is C24H22N2O2. The summed E-state index contributed by atoms with van der Waals surface area (Å²) in [6.07, 6.45) is 3.84. The van der Waals surface area contributed by atoms with Crippen LogP contribution in [0.4, 0.5) is 0 Å². The number of benzene rings is 3. The lowest BCUT2D eigenvalue weighted by Crippen LogP contribution is -2.25. The van der Waals surface area contributed by atoms with Gasteiger partial charge in [-0.25, -0.2) is 5.43 Å². The number of aryl methyl sites for hydroxylation is 1. The molecule has 0 atom stereocenters. The monoisotopic (exact) mass is 370 g/mol. The van der Waals surface area contributed by atoms with Crippen molar-refractivity contribution < 1.29 is 9.53 Å². The summed E-state index contributed by atoms with van der Waals surface area (Å²) in [5.74, 6) is 0.333. The first kappa shape index (κ1) is 19.1. The smallest absolute Gasteiger partial charge is 0.277 e. The van der Waals surface area contributed by atoms with Crippen LogP contribution in [-0.2, 0) is 4.79 Å². The van der Waals surface area contributed by atoms with Gasteiger partial charge >= 0.3 is 0 Å². The molecule has 3 aromatic carbocycles. The van der Waals surface area contributed by atoms with Crippen LogP contribution in [0.15, 0.2) is 96.1 Å². The van der Waals surface area contributed by atoms with Gasteiger partial charge in [-0.2, -0.15) is 5.10 Å². The first-order valence-electron chi connectivity index (χ1n) is 9.05. The molecule has 28 heavy (non-hydrogen) atoms. The number of rotatable bonds is 7. The summed E-state index contributed by atoms with van der Waals surface area (Å²) in [6, 6.07) is 27.2. The molecule has 0 saturated heterocycles. The fourth-order valence-corrected chi connectivity index (χ4v) is 2.48. The number of hydrogen-bond donors (Lipinski definition) is 1. The SMILES string of the molecule is Cc1ccc(OCC(=O)NN=C(C=Cc2ccccc2)c2ccccc2)cc1. The number of ether oxygens (including phenoxy) is 1. The third kappa shape index (κ3) is 5.95. The van der Waals surface area contributed by atoms with Crippen molar-refractivity contribution in [3.05, 3.63) is 108 Å². The lowest BCUT2D eigenvalue weighted by Gasteiger charge is -2.06. The number of carbonyl (C=O) groups excluding carboxylic acids is 1. The summed E-state index contributed by atoms with van der Waals surface area (Å²) >= 11 is 0. The van der Waals surface area contributed by atoms with Gasteiger partial charge in [0.15, 0.2) is 6.61 Å². The van der Waals surface area contributed by atoms with Gasteiger partial charge in [0.05, 0.1) is 5.71 Å². The zero-order valence-corrected chi connectivity index (χ0v) is 15.7. The molecule has 4 nitrogen and oxygen atoms in total. The summed E-state index contributed by atoms with van der Waals surface area (Å²) in [5, 5.41) is 4.29. The topological polar surface area (TPSA) is 50.7 Å². The molecule has 3 rings (SSSR count). The zero-order chi connectivity index (χ0) is 19.6. The molecule has 0 aliphatic carbocycles. The van der Waals surface area contributed by atoms with Gasteiger partial charge < -0.3 is 4.74 Å². The second kappa shape index (κ2) is 9.88. The Labute approximate surface area is 165 Å². The maximum Gasteiger partial charge on any atom is 0.277 e.